The zero-order chi connectivity index (χ0) is 57.1. The molecule has 1 fully saturated rings. The highest BCUT2D eigenvalue weighted by atomic mass is 16.2. The molecule has 0 unspecified atom stereocenters. The molecule has 2 aromatic carbocycles. The fourth-order valence-electron chi connectivity index (χ4n) is 9.07. The normalized spacial score (nSPS) is 16.3. The topological polar surface area (TPSA) is 381 Å². The van der Waals surface area contributed by atoms with Crippen LogP contribution in [0.5, 0.6) is 0 Å². The summed E-state index contributed by atoms with van der Waals surface area (Å²) in [6, 6.07) is 6.85. The average molecular weight is 1080 g/mol. The predicted octanol–water partition coefficient (Wildman–Crippen LogP) is -0.485. The Bertz CT molecular complexity index is 2710. The van der Waals surface area contributed by atoms with Gasteiger partial charge in [-0.25, -0.2) is 4.98 Å². The number of imidazole rings is 1. The molecule has 24 nitrogen and oxygen atoms in total. The first-order valence-corrected chi connectivity index (χ1v) is 26.4. The highest BCUT2D eigenvalue weighted by Gasteiger charge is 2.35. The zero-order valence-electron chi connectivity index (χ0n) is 44.9. The molecule has 0 spiro atoms. The molecule has 422 valence electrons. The number of carbonyl (C=O) groups excluding carboxylic acids is 10. The maximum Gasteiger partial charge on any atom is 0.245 e. The van der Waals surface area contributed by atoms with E-state index in [2.05, 4.69) is 52.2 Å². The Kier molecular flexibility index (Phi) is 22.9. The van der Waals surface area contributed by atoms with Crippen LogP contribution in [0.3, 0.4) is 0 Å². The standard InChI is InChI=1S/C54H76N14O10/c1-30(2)21-41(47(57)71)65-52(76)42(22-31(3)4)66-53(77)44(25-35-27-58-29-60-35)62-46(70)28-68-20-12-11-17-40(54(68)78)64-48(72)32(5)61-51(75)43(24-34-26-59-38-16-10-9-15-36(34)38)67-50(74)39(18-19-45(56)69)63-49(73)37(55)23-33-13-7-6-8-14-33/h6-10,13-16,26-27,29-32,37,39-44,59H,11-12,17-25,28,55H2,1-5H3,(H2,56,69)(H2,57,71)(H,58,60)(H,61,75)(H,62,70)(H,63,73)(H,64,72)(H,65,76)(H,66,77)(H,67,74)/t32-,37+,39-,40+,41-,42-,43-,44-/m0/s1. The van der Waals surface area contributed by atoms with E-state index in [1.165, 1.54) is 24.3 Å². The van der Waals surface area contributed by atoms with Crippen LogP contribution in [0.25, 0.3) is 10.9 Å². The molecule has 24 heteroatoms. The molecule has 0 aliphatic carbocycles. The van der Waals surface area contributed by atoms with Gasteiger partial charge in [0.15, 0.2) is 0 Å². The Morgan fingerprint density at radius 3 is 1.94 bits per heavy atom. The van der Waals surface area contributed by atoms with Gasteiger partial charge in [0.2, 0.25) is 59.1 Å². The molecule has 0 radical (unpaired) electrons. The lowest BCUT2D eigenvalue weighted by atomic mass is 9.99. The van der Waals surface area contributed by atoms with Crippen molar-refractivity contribution in [3.05, 3.63) is 90.1 Å². The highest BCUT2D eigenvalue weighted by Crippen LogP contribution is 2.20. The fourth-order valence-corrected chi connectivity index (χ4v) is 9.07. The Balaban J connectivity index is 1.26. The molecule has 5 rings (SSSR count). The van der Waals surface area contributed by atoms with E-state index in [1.54, 1.807) is 30.5 Å². The number of likely N-dealkylation sites (tertiary alicyclic amines) is 1. The van der Waals surface area contributed by atoms with Crippen molar-refractivity contribution in [3.63, 3.8) is 0 Å². The van der Waals surface area contributed by atoms with Crippen molar-refractivity contribution in [2.24, 2.45) is 29.0 Å². The molecule has 10 amide bonds. The van der Waals surface area contributed by atoms with E-state index in [0.29, 0.717) is 24.1 Å². The van der Waals surface area contributed by atoms with E-state index >= 15 is 0 Å². The molecular weight excluding hydrogens is 1000 g/mol. The van der Waals surface area contributed by atoms with Gasteiger partial charge in [0.1, 0.15) is 42.3 Å². The quantitative estimate of drug-likeness (QED) is 0.0328. The summed E-state index contributed by atoms with van der Waals surface area (Å²) in [7, 11) is 0. The number of H-pyrrole nitrogens is 2. The second-order valence-corrected chi connectivity index (χ2v) is 20.7. The minimum Gasteiger partial charge on any atom is -0.370 e. The Morgan fingerprint density at radius 1 is 0.667 bits per heavy atom. The summed E-state index contributed by atoms with van der Waals surface area (Å²) < 4.78 is 0. The lowest BCUT2D eigenvalue weighted by Gasteiger charge is -2.28. The third-order valence-corrected chi connectivity index (χ3v) is 13.2. The molecule has 8 atom stereocenters. The van der Waals surface area contributed by atoms with Crippen LogP contribution in [0.15, 0.2) is 73.3 Å². The summed E-state index contributed by atoms with van der Waals surface area (Å²) in [5.41, 5.74) is 19.9. The number of rotatable bonds is 29. The van der Waals surface area contributed by atoms with Crippen LogP contribution in [-0.4, -0.2) is 140 Å². The van der Waals surface area contributed by atoms with Crippen molar-refractivity contribution >= 4 is 70.0 Å². The summed E-state index contributed by atoms with van der Waals surface area (Å²) in [4.78, 5) is 146. The number of amides is 10. The van der Waals surface area contributed by atoms with Crippen molar-refractivity contribution in [1.82, 2.24) is 57.1 Å². The second kappa shape index (κ2) is 29.4. The maximum atomic E-state index is 14.3. The van der Waals surface area contributed by atoms with Crippen LogP contribution in [0.1, 0.15) is 96.4 Å². The van der Waals surface area contributed by atoms with Crippen LogP contribution in [0.4, 0.5) is 0 Å². The Labute approximate surface area is 453 Å². The molecule has 1 saturated heterocycles. The minimum absolute atomic E-state index is 0.0289. The van der Waals surface area contributed by atoms with Crippen LogP contribution in [0.2, 0.25) is 0 Å². The number of primary amides is 2. The lowest BCUT2D eigenvalue weighted by Crippen LogP contribution is -2.59. The van der Waals surface area contributed by atoms with E-state index in [-0.39, 0.29) is 69.7 Å². The van der Waals surface area contributed by atoms with Gasteiger partial charge in [-0.05, 0) is 80.9 Å². The number of para-hydroxylation sites is 1. The number of fused-ring (bicyclic) bond motifs is 1. The van der Waals surface area contributed by atoms with Gasteiger partial charge in [0, 0.05) is 54.8 Å². The minimum atomic E-state index is -1.34. The molecule has 4 aromatic rings. The maximum absolute atomic E-state index is 14.3. The van der Waals surface area contributed by atoms with E-state index in [1.807, 2.05) is 58.0 Å². The Hall–Kier alpha value is -8.15. The summed E-state index contributed by atoms with van der Waals surface area (Å²) in [5.74, 6) is -7.13. The first kappa shape index (κ1) is 60.7. The highest BCUT2D eigenvalue weighted by molar-refractivity contribution is 5.98. The first-order valence-electron chi connectivity index (χ1n) is 26.4. The Morgan fingerprint density at radius 2 is 1.27 bits per heavy atom. The van der Waals surface area contributed by atoms with Crippen molar-refractivity contribution in [2.75, 3.05) is 13.1 Å². The van der Waals surface area contributed by atoms with Gasteiger partial charge in [-0.1, -0.05) is 76.2 Å². The summed E-state index contributed by atoms with van der Waals surface area (Å²) >= 11 is 0. The van der Waals surface area contributed by atoms with Gasteiger partial charge in [-0.2, -0.15) is 0 Å². The van der Waals surface area contributed by atoms with Gasteiger partial charge >= 0.3 is 0 Å². The van der Waals surface area contributed by atoms with Gasteiger partial charge in [0.05, 0.1) is 18.9 Å². The third-order valence-electron chi connectivity index (χ3n) is 13.2. The van der Waals surface area contributed by atoms with E-state index in [9.17, 15) is 47.9 Å². The SMILES string of the molecule is CC(C)C[C@H](NC(=O)[C@H](CC(C)C)NC(=O)[C@H](Cc1cnc[nH]1)NC(=O)CN1CCCC[C@@H](NC(=O)[C@H](C)NC(=O)[C@H](Cc2c[nH]c3ccccc23)NC(=O)[C@H](CCC(N)=O)NC(=O)[C@H](N)Cc2ccccc2)C1=O)C(N)=O. The molecule has 1 aliphatic rings. The van der Waals surface area contributed by atoms with Crippen LogP contribution < -0.4 is 54.4 Å². The number of nitrogens with two attached hydrogens (primary N) is 3. The molecule has 0 saturated carbocycles. The van der Waals surface area contributed by atoms with Crippen LogP contribution >= 0.6 is 0 Å². The van der Waals surface area contributed by atoms with Crippen LogP contribution in [-0.2, 0) is 67.2 Å². The van der Waals surface area contributed by atoms with Crippen molar-refractivity contribution in [2.45, 2.75) is 147 Å². The largest absolute Gasteiger partial charge is 0.370 e. The molecular formula is C54H76N14O10. The number of nitrogens with one attached hydrogen (secondary N) is 9. The number of hydrogen-bond donors (Lipinski definition) is 12. The monoisotopic (exact) mass is 1080 g/mol. The number of carbonyl (C=O) groups is 10. The number of aromatic amines is 2. The fraction of sp³-hybridized carbons (Fsp3) is 0.500. The van der Waals surface area contributed by atoms with Crippen molar-refractivity contribution in [1.29, 1.82) is 0 Å². The molecule has 78 heavy (non-hydrogen) atoms. The summed E-state index contributed by atoms with van der Waals surface area (Å²) in [5, 5.41) is 19.5. The third kappa shape index (κ3) is 18.8. The number of nitrogens with zero attached hydrogens (tertiary/aromatic N) is 2. The number of benzene rings is 2. The van der Waals surface area contributed by atoms with Gasteiger partial charge in [-0.3, -0.25) is 47.9 Å². The summed E-state index contributed by atoms with van der Waals surface area (Å²) in [6.45, 7) is 8.51. The van der Waals surface area contributed by atoms with E-state index < -0.39 is 114 Å². The van der Waals surface area contributed by atoms with E-state index in [4.69, 9.17) is 17.2 Å². The average Bonchev–Trinajstić information content (AvgIpc) is 4.04. The van der Waals surface area contributed by atoms with Gasteiger partial charge in [0.25, 0.3) is 0 Å². The second-order valence-electron chi connectivity index (χ2n) is 20.7. The van der Waals surface area contributed by atoms with Gasteiger partial charge in [-0.15, -0.1) is 0 Å². The number of hydrogen-bond acceptors (Lipinski definition) is 12. The lowest BCUT2D eigenvalue weighted by molar-refractivity contribution is -0.140. The smallest absolute Gasteiger partial charge is 0.245 e. The molecule has 3 heterocycles. The predicted molar refractivity (Wildman–Crippen MR) is 289 cm³/mol. The molecule has 1 aliphatic heterocycles. The number of aromatic nitrogens is 3. The van der Waals surface area contributed by atoms with Crippen LogP contribution in [0, 0.1) is 11.8 Å². The first-order chi connectivity index (χ1) is 37.1. The molecule has 0 bridgehead atoms. The molecule has 15 N–H and O–H groups in total. The van der Waals surface area contributed by atoms with Gasteiger partial charge < -0.3 is 69.3 Å². The molecule has 2 aromatic heterocycles. The summed E-state index contributed by atoms with van der Waals surface area (Å²) in [6.07, 6.45) is 5.72. The van der Waals surface area contributed by atoms with E-state index in [0.717, 1.165) is 16.5 Å². The zero-order valence-corrected chi connectivity index (χ0v) is 44.9. The van der Waals surface area contributed by atoms with Crippen molar-refractivity contribution in [3.8, 4) is 0 Å². The van der Waals surface area contributed by atoms with Crippen molar-refractivity contribution < 1.29 is 47.9 Å².